The van der Waals surface area contributed by atoms with Crippen molar-refractivity contribution in [3.8, 4) is 11.8 Å². The standard InChI is InChI=1S/C17H18N4O3S/c1-9-14(16(20)23)15(10-3-5-11(24-2)6-4-10)12(7-18)17(21-9)25-8-13(19)22/h3-6,15,21H,8H2,1-2H3,(H2,19,22)(H2,20,23)/t15-/m0/s1. The van der Waals surface area contributed by atoms with E-state index in [1.807, 2.05) is 0 Å². The molecule has 1 atom stereocenters. The van der Waals surface area contributed by atoms with Gasteiger partial charge in [0, 0.05) is 11.3 Å². The molecule has 0 saturated heterocycles. The Kier molecular flexibility index (Phi) is 5.72. The van der Waals surface area contributed by atoms with Crippen LogP contribution in [0, 0.1) is 11.3 Å². The van der Waals surface area contributed by atoms with Gasteiger partial charge in [-0.05, 0) is 24.6 Å². The summed E-state index contributed by atoms with van der Waals surface area (Å²) in [6.07, 6.45) is 0. The molecule has 0 aliphatic carbocycles. The van der Waals surface area contributed by atoms with Crippen LogP contribution in [0.15, 0.2) is 46.1 Å². The number of rotatable bonds is 6. The average molecular weight is 358 g/mol. The molecule has 0 radical (unpaired) electrons. The number of nitriles is 1. The van der Waals surface area contributed by atoms with Crippen molar-refractivity contribution in [3.63, 3.8) is 0 Å². The minimum atomic E-state index is -0.620. The van der Waals surface area contributed by atoms with E-state index >= 15 is 0 Å². The summed E-state index contributed by atoms with van der Waals surface area (Å²) < 4.78 is 5.14. The molecule has 2 rings (SSSR count). The quantitative estimate of drug-likeness (QED) is 0.698. The first-order valence-corrected chi connectivity index (χ1v) is 8.34. The fourth-order valence-corrected chi connectivity index (χ4v) is 3.46. The molecule has 2 amide bonds. The van der Waals surface area contributed by atoms with E-state index < -0.39 is 17.7 Å². The molecule has 1 heterocycles. The fourth-order valence-electron chi connectivity index (χ4n) is 2.63. The molecule has 1 aromatic rings. The average Bonchev–Trinajstić information content (AvgIpc) is 2.58. The number of nitrogens with one attached hydrogen (secondary N) is 1. The van der Waals surface area contributed by atoms with Crippen LogP contribution in [0.2, 0.25) is 0 Å². The van der Waals surface area contributed by atoms with Crippen LogP contribution in [0.4, 0.5) is 0 Å². The molecular formula is C17H18N4O3S. The van der Waals surface area contributed by atoms with Crippen LogP contribution < -0.4 is 21.5 Å². The molecule has 0 fully saturated rings. The highest BCUT2D eigenvalue weighted by Gasteiger charge is 2.33. The topological polar surface area (TPSA) is 131 Å². The van der Waals surface area contributed by atoms with Gasteiger partial charge in [-0.1, -0.05) is 23.9 Å². The summed E-state index contributed by atoms with van der Waals surface area (Å²) in [4.78, 5) is 23.1. The van der Waals surface area contributed by atoms with E-state index in [2.05, 4.69) is 11.4 Å². The number of primary amides is 2. The molecular weight excluding hydrogens is 340 g/mol. The van der Waals surface area contributed by atoms with Gasteiger partial charge in [0.15, 0.2) is 0 Å². The summed E-state index contributed by atoms with van der Waals surface area (Å²) in [5, 5.41) is 13.2. The van der Waals surface area contributed by atoms with Crippen molar-refractivity contribution >= 4 is 23.6 Å². The number of hydrogen-bond acceptors (Lipinski definition) is 6. The second-order valence-electron chi connectivity index (χ2n) is 5.34. The van der Waals surface area contributed by atoms with E-state index in [1.165, 1.54) is 0 Å². The predicted molar refractivity (Wildman–Crippen MR) is 95.1 cm³/mol. The van der Waals surface area contributed by atoms with Crippen molar-refractivity contribution in [2.45, 2.75) is 12.8 Å². The van der Waals surface area contributed by atoms with Crippen molar-refractivity contribution < 1.29 is 14.3 Å². The van der Waals surface area contributed by atoms with Crippen LogP contribution in [0.5, 0.6) is 5.75 Å². The lowest BCUT2D eigenvalue weighted by Gasteiger charge is -2.29. The molecule has 8 heteroatoms. The number of methoxy groups -OCH3 is 1. The Morgan fingerprint density at radius 2 is 1.96 bits per heavy atom. The molecule has 25 heavy (non-hydrogen) atoms. The van der Waals surface area contributed by atoms with E-state index in [-0.39, 0.29) is 5.75 Å². The molecule has 0 saturated carbocycles. The number of carbonyl (C=O) groups is 2. The third-order valence-corrected chi connectivity index (χ3v) is 4.76. The Hall–Kier alpha value is -2.92. The largest absolute Gasteiger partial charge is 0.497 e. The first kappa shape index (κ1) is 18.4. The van der Waals surface area contributed by atoms with E-state index in [0.29, 0.717) is 27.6 Å². The first-order valence-electron chi connectivity index (χ1n) is 7.36. The van der Waals surface area contributed by atoms with Crippen LogP contribution in [0.1, 0.15) is 18.4 Å². The van der Waals surface area contributed by atoms with Gasteiger partial charge in [-0.3, -0.25) is 9.59 Å². The normalized spacial score (nSPS) is 16.9. The Bertz CT molecular complexity index is 806. The third kappa shape index (κ3) is 3.95. The van der Waals surface area contributed by atoms with Crippen LogP contribution in [-0.4, -0.2) is 24.7 Å². The molecule has 0 aromatic heterocycles. The summed E-state index contributed by atoms with van der Waals surface area (Å²) in [5.41, 5.74) is 12.6. The minimum absolute atomic E-state index is 0.0159. The number of nitrogens with zero attached hydrogens (tertiary/aromatic N) is 1. The van der Waals surface area contributed by atoms with Gasteiger partial charge in [0.1, 0.15) is 5.75 Å². The Morgan fingerprint density at radius 3 is 2.44 bits per heavy atom. The van der Waals surface area contributed by atoms with Gasteiger partial charge in [-0.15, -0.1) is 0 Å². The number of amides is 2. The molecule has 5 N–H and O–H groups in total. The number of benzene rings is 1. The maximum Gasteiger partial charge on any atom is 0.247 e. The van der Waals surface area contributed by atoms with Crippen LogP contribution in [-0.2, 0) is 9.59 Å². The number of thioether (sulfide) groups is 1. The lowest BCUT2D eigenvalue weighted by Crippen LogP contribution is -2.31. The van der Waals surface area contributed by atoms with Gasteiger partial charge in [-0.2, -0.15) is 5.26 Å². The van der Waals surface area contributed by atoms with E-state index in [1.54, 1.807) is 38.3 Å². The smallest absolute Gasteiger partial charge is 0.247 e. The van der Waals surface area contributed by atoms with Crippen molar-refractivity contribution in [1.29, 1.82) is 5.26 Å². The maximum absolute atomic E-state index is 12.0. The van der Waals surface area contributed by atoms with E-state index in [0.717, 1.165) is 17.3 Å². The number of ether oxygens (including phenoxy) is 1. The number of carbonyl (C=O) groups excluding carboxylic acids is 2. The maximum atomic E-state index is 12.0. The van der Waals surface area contributed by atoms with Gasteiger partial charge >= 0.3 is 0 Å². The second kappa shape index (κ2) is 7.77. The number of allylic oxidation sites excluding steroid dienone is 2. The molecule has 1 aliphatic rings. The highest BCUT2D eigenvalue weighted by atomic mass is 32.2. The van der Waals surface area contributed by atoms with Crippen LogP contribution in [0.25, 0.3) is 0 Å². The van der Waals surface area contributed by atoms with Gasteiger partial charge in [0.25, 0.3) is 0 Å². The monoisotopic (exact) mass is 358 g/mol. The van der Waals surface area contributed by atoms with E-state index in [4.69, 9.17) is 16.2 Å². The lowest BCUT2D eigenvalue weighted by molar-refractivity contribution is -0.116. The summed E-state index contributed by atoms with van der Waals surface area (Å²) in [7, 11) is 1.55. The van der Waals surface area contributed by atoms with Gasteiger partial charge < -0.3 is 21.5 Å². The highest BCUT2D eigenvalue weighted by molar-refractivity contribution is 8.03. The highest BCUT2D eigenvalue weighted by Crippen LogP contribution is 2.40. The molecule has 1 aromatic carbocycles. The van der Waals surface area contributed by atoms with Crippen molar-refractivity contribution in [1.82, 2.24) is 5.32 Å². The first-order chi connectivity index (χ1) is 11.9. The Labute approximate surface area is 149 Å². The van der Waals surface area contributed by atoms with Gasteiger partial charge in [-0.25, -0.2) is 0 Å². The molecule has 0 unspecified atom stereocenters. The molecule has 7 nitrogen and oxygen atoms in total. The zero-order valence-corrected chi connectivity index (χ0v) is 14.6. The Balaban J connectivity index is 2.56. The molecule has 0 bridgehead atoms. The lowest BCUT2D eigenvalue weighted by atomic mass is 9.82. The van der Waals surface area contributed by atoms with Crippen molar-refractivity contribution in [3.05, 3.63) is 51.7 Å². The fraction of sp³-hybridized carbons (Fsp3) is 0.235. The zero-order chi connectivity index (χ0) is 18.6. The SMILES string of the molecule is COc1ccc([C@H]2C(C#N)=C(SCC(N)=O)NC(C)=C2C(N)=O)cc1. The minimum Gasteiger partial charge on any atom is -0.497 e. The second-order valence-corrected chi connectivity index (χ2v) is 6.33. The summed E-state index contributed by atoms with van der Waals surface area (Å²) in [6.45, 7) is 1.70. The van der Waals surface area contributed by atoms with Gasteiger partial charge in [0.2, 0.25) is 11.8 Å². The summed E-state index contributed by atoms with van der Waals surface area (Å²) in [5.74, 6) is -1.06. The summed E-state index contributed by atoms with van der Waals surface area (Å²) >= 11 is 1.12. The van der Waals surface area contributed by atoms with Crippen molar-refractivity contribution in [2.75, 3.05) is 12.9 Å². The summed E-state index contributed by atoms with van der Waals surface area (Å²) in [6, 6.07) is 9.18. The predicted octanol–water partition coefficient (Wildman–Crippen LogP) is 1.09. The molecule has 1 aliphatic heterocycles. The van der Waals surface area contributed by atoms with Crippen molar-refractivity contribution in [2.24, 2.45) is 11.5 Å². The Morgan fingerprint density at radius 1 is 1.32 bits per heavy atom. The van der Waals surface area contributed by atoms with Crippen LogP contribution in [0.3, 0.4) is 0 Å². The molecule has 0 spiro atoms. The van der Waals surface area contributed by atoms with Crippen LogP contribution >= 0.6 is 11.8 Å². The third-order valence-electron chi connectivity index (χ3n) is 3.72. The molecule has 130 valence electrons. The van der Waals surface area contributed by atoms with E-state index in [9.17, 15) is 14.9 Å². The number of hydrogen-bond donors (Lipinski definition) is 3. The zero-order valence-electron chi connectivity index (χ0n) is 13.8. The van der Waals surface area contributed by atoms with Gasteiger partial charge in [0.05, 0.1) is 35.5 Å². The number of dihydropyridines is 1. The number of nitrogens with two attached hydrogens (primary N) is 2.